The van der Waals surface area contributed by atoms with E-state index in [1.807, 2.05) is 0 Å². The zero-order valence-corrected chi connectivity index (χ0v) is 8.97. The molecule has 16 heavy (non-hydrogen) atoms. The van der Waals surface area contributed by atoms with E-state index in [1.165, 1.54) is 25.3 Å². The van der Waals surface area contributed by atoms with Crippen LogP contribution in [0.4, 0.5) is 5.69 Å². The number of aryl methyl sites for hydroxylation is 1. The van der Waals surface area contributed by atoms with Crippen LogP contribution in [0.15, 0.2) is 18.2 Å². The fraction of sp³-hybridized carbons (Fsp3) is 0.300. The molecule has 0 aromatic heterocycles. The van der Waals surface area contributed by atoms with Gasteiger partial charge in [0.2, 0.25) is 0 Å². The highest BCUT2D eigenvalue weighted by Crippen LogP contribution is 2.22. The molecule has 1 aromatic rings. The van der Waals surface area contributed by atoms with Crippen molar-refractivity contribution >= 4 is 11.7 Å². The quantitative estimate of drug-likeness (QED) is 0.470. The summed E-state index contributed by atoms with van der Waals surface area (Å²) < 4.78 is 4.49. The number of nitrogens with two attached hydrogens (primary N) is 1. The lowest BCUT2D eigenvalue weighted by Gasteiger charge is -2.09. The Labute approximate surface area is 92.2 Å². The predicted octanol–water partition coefficient (Wildman–Crippen LogP) is 1.08. The Kier molecular flexibility index (Phi) is 3.57. The Morgan fingerprint density at radius 3 is 2.62 bits per heavy atom. The highest BCUT2D eigenvalue weighted by Gasteiger charge is 2.19. The normalized spacial score (nSPS) is 11.9. The topological polar surface area (TPSA) is 95.5 Å². The highest BCUT2D eigenvalue weighted by atomic mass is 16.6. The van der Waals surface area contributed by atoms with Crippen LogP contribution in [-0.2, 0) is 9.53 Å². The van der Waals surface area contributed by atoms with E-state index in [0.29, 0.717) is 11.1 Å². The Balaban J connectivity index is 3.06. The van der Waals surface area contributed by atoms with Crippen molar-refractivity contribution in [2.45, 2.75) is 13.0 Å². The summed E-state index contributed by atoms with van der Waals surface area (Å²) in [4.78, 5) is 21.3. The summed E-state index contributed by atoms with van der Waals surface area (Å²) in [7, 11) is 1.24. The maximum absolute atomic E-state index is 11.2. The van der Waals surface area contributed by atoms with Crippen molar-refractivity contribution in [3.8, 4) is 0 Å². The van der Waals surface area contributed by atoms with Crippen molar-refractivity contribution < 1.29 is 14.5 Å². The van der Waals surface area contributed by atoms with E-state index in [2.05, 4.69) is 4.74 Å². The zero-order chi connectivity index (χ0) is 12.3. The average Bonchev–Trinajstić information content (AvgIpc) is 2.26. The largest absolute Gasteiger partial charge is 0.468 e. The number of carbonyl (C=O) groups is 1. The molecule has 1 aromatic carbocycles. The van der Waals surface area contributed by atoms with Crippen LogP contribution in [0.1, 0.15) is 17.2 Å². The third-order valence-corrected chi connectivity index (χ3v) is 2.23. The molecule has 0 aliphatic rings. The van der Waals surface area contributed by atoms with Gasteiger partial charge in [0.1, 0.15) is 6.04 Å². The molecule has 6 heteroatoms. The number of nitro benzene ring substituents is 1. The van der Waals surface area contributed by atoms with E-state index in [-0.39, 0.29) is 5.69 Å². The third-order valence-electron chi connectivity index (χ3n) is 2.23. The van der Waals surface area contributed by atoms with Gasteiger partial charge in [-0.3, -0.25) is 14.9 Å². The number of nitrogens with zero attached hydrogens (tertiary/aromatic N) is 1. The highest BCUT2D eigenvalue weighted by molar-refractivity contribution is 5.77. The minimum absolute atomic E-state index is 0.000755. The van der Waals surface area contributed by atoms with Crippen LogP contribution in [-0.4, -0.2) is 18.0 Å². The van der Waals surface area contributed by atoms with Crippen molar-refractivity contribution in [1.29, 1.82) is 0 Å². The van der Waals surface area contributed by atoms with Gasteiger partial charge >= 0.3 is 5.97 Å². The van der Waals surface area contributed by atoms with E-state index in [1.54, 1.807) is 6.92 Å². The molecule has 0 saturated carbocycles. The Hall–Kier alpha value is -1.95. The number of nitro groups is 1. The van der Waals surface area contributed by atoms with E-state index in [0.717, 1.165) is 0 Å². The summed E-state index contributed by atoms with van der Waals surface area (Å²) in [6.07, 6.45) is 0. The monoisotopic (exact) mass is 224 g/mol. The van der Waals surface area contributed by atoms with Crippen LogP contribution < -0.4 is 5.73 Å². The van der Waals surface area contributed by atoms with Gasteiger partial charge in [-0.2, -0.15) is 0 Å². The van der Waals surface area contributed by atoms with Crippen molar-refractivity contribution in [3.63, 3.8) is 0 Å². The summed E-state index contributed by atoms with van der Waals surface area (Å²) in [6, 6.07) is 3.38. The van der Waals surface area contributed by atoms with E-state index >= 15 is 0 Å². The average molecular weight is 224 g/mol. The first kappa shape index (κ1) is 12.1. The molecule has 0 bridgehead atoms. The van der Waals surface area contributed by atoms with Gasteiger partial charge in [0.25, 0.3) is 5.69 Å². The molecular weight excluding hydrogens is 212 g/mol. The first-order valence-corrected chi connectivity index (χ1v) is 4.55. The van der Waals surface area contributed by atoms with Crippen LogP contribution in [0.2, 0.25) is 0 Å². The fourth-order valence-corrected chi connectivity index (χ4v) is 1.34. The molecule has 0 radical (unpaired) electrons. The molecule has 0 heterocycles. The van der Waals surface area contributed by atoms with Gasteiger partial charge in [-0.15, -0.1) is 0 Å². The number of ether oxygens (including phenoxy) is 1. The van der Waals surface area contributed by atoms with Crippen molar-refractivity contribution in [2.24, 2.45) is 5.73 Å². The molecule has 0 amide bonds. The number of benzene rings is 1. The first-order chi connectivity index (χ1) is 7.47. The lowest BCUT2D eigenvalue weighted by molar-refractivity contribution is -0.385. The summed E-state index contributed by atoms with van der Waals surface area (Å²) in [5, 5.41) is 10.6. The second-order valence-corrected chi connectivity index (χ2v) is 3.30. The second-order valence-electron chi connectivity index (χ2n) is 3.30. The van der Waals surface area contributed by atoms with Crippen molar-refractivity contribution in [3.05, 3.63) is 39.4 Å². The van der Waals surface area contributed by atoms with Crippen molar-refractivity contribution in [2.75, 3.05) is 7.11 Å². The van der Waals surface area contributed by atoms with E-state index in [4.69, 9.17) is 5.73 Å². The molecule has 2 N–H and O–H groups in total. The number of hydrogen-bond acceptors (Lipinski definition) is 5. The van der Waals surface area contributed by atoms with Gasteiger partial charge in [0, 0.05) is 11.6 Å². The van der Waals surface area contributed by atoms with Crippen LogP contribution >= 0.6 is 0 Å². The fourth-order valence-electron chi connectivity index (χ4n) is 1.34. The minimum Gasteiger partial charge on any atom is -0.468 e. The van der Waals surface area contributed by atoms with Crippen molar-refractivity contribution in [1.82, 2.24) is 0 Å². The Morgan fingerprint density at radius 2 is 2.19 bits per heavy atom. The number of carbonyl (C=O) groups excluding carboxylic acids is 1. The SMILES string of the molecule is COC(=O)C(N)c1ccc([N+](=O)[O-])c(C)c1. The standard InChI is InChI=1S/C10H12N2O4/c1-6-5-7(9(11)10(13)16-2)3-4-8(6)12(14)15/h3-5,9H,11H2,1-2H3. The molecule has 1 atom stereocenters. The predicted molar refractivity (Wildman–Crippen MR) is 56.8 cm³/mol. The van der Waals surface area contributed by atoms with E-state index in [9.17, 15) is 14.9 Å². The molecule has 6 nitrogen and oxygen atoms in total. The third kappa shape index (κ3) is 2.34. The molecule has 1 rings (SSSR count). The van der Waals surface area contributed by atoms with Gasteiger partial charge in [-0.1, -0.05) is 6.07 Å². The van der Waals surface area contributed by atoms with Crippen LogP contribution in [0.5, 0.6) is 0 Å². The lowest BCUT2D eigenvalue weighted by atomic mass is 10.0. The Bertz CT molecular complexity index is 431. The molecular formula is C10H12N2O4. The van der Waals surface area contributed by atoms with Gasteiger partial charge in [0.15, 0.2) is 0 Å². The van der Waals surface area contributed by atoms with Crippen LogP contribution in [0, 0.1) is 17.0 Å². The summed E-state index contributed by atoms with van der Waals surface area (Å²) in [6.45, 7) is 1.59. The van der Waals surface area contributed by atoms with Gasteiger partial charge in [-0.25, -0.2) is 0 Å². The molecule has 0 spiro atoms. The van der Waals surface area contributed by atoms with Crippen LogP contribution in [0.3, 0.4) is 0 Å². The molecule has 1 unspecified atom stereocenters. The molecule has 0 saturated heterocycles. The number of hydrogen-bond donors (Lipinski definition) is 1. The number of esters is 1. The number of methoxy groups -OCH3 is 1. The summed E-state index contributed by atoms with van der Waals surface area (Å²) in [5.41, 5.74) is 6.56. The smallest absolute Gasteiger partial charge is 0.327 e. The van der Waals surface area contributed by atoms with E-state index < -0.39 is 16.9 Å². The zero-order valence-electron chi connectivity index (χ0n) is 8.97. The van der Waals surface area contributed by atoms with Gasteiger partial charge in [0.05, 0.1) is 12.0 Å². The Morgan fingerprint density at radius 1 is 1.56 bits per heavy atom. The second kappa shape index (κ2) is 4.71. The maximum atomic E-state index is 11.2. The van der Waals surface area contributed by atoms with Crippen LogP contribution in [0.25, 0.3) is 0 Å². The number of rotatable bonds is 3. The lowest BCUT2D eigenvalue weighted by Crippen LogP contribution is -2.22. The molecule has 0 fully saturated rings. The summed E-state index contributed by atoms with van der Waals surface area (Å²) >= 11 is 0. The summed E-state index contributed by atoms with van der Waals surface area (Å²) in [5.74, 6) is -0.576. The first-order valence-electron chi connectivity index (χ1n) is 4.55. The minimum atomic E-state index is -0.912. The van der Waals surface area contributed by atoms with Gasteiger partial charge in [-0.05, 0) is 18.6 Å². The molecule has 0 aliphatic carbocycles. The van der Waals surface area contributed by atoms with Gasteiger partial charge < -0.3 is 10.5 Å². The molecule has 86 valence electrons. The maximum Gasteiger partial charge on any atom is 0.327 e. The molecule has 0 aliphatic heterocycles.